The van der Waals surface area contributed by atoms with E-state index in [0.29, 0.717) is 23.1 Å². The van der Waals surface area contributed by atoms with Crippen molar-refractivity contribution in [3.8, 4) is 11.8 Å². The molecule has 0 saturated carbocycles. The highest BCUT2D eigenvalue weighted by molar-refractivity contribution is 6.33. The van der Waals surface area contributed by atoms with Crippen LogP contribution in [-0.4, -0.2) is 60.5 Å². The first-order valence-electron chi connectivity index (χ1n) is 10.9. The first kappa shape index (κ1) is 21.0. The van der Waals surface area contributed by atoms with E-state index in [1.54, 1.807) is 0 Å². The SMILES string of the molecule is CC1=CC(Nc2cc(N3CCN(C)CC3)nc(Oc3ccc4c(c3Cl)C=C(C)C4)n2)=NC1. The Morgan fingerprint density at radius 2 is 1.84 bits per heavy atom. The topological polar surface area (TPSA) is 65.9 Å². The second-order valence-corrected chi connectivity index (χ2v) is 9.10. The lowest BCUT2D eigenvalue weighted by molar-refractivity contribution is 0.311. The van der Waals surface area contributed by atoms with Crippen LogP contribution in [-0.2, 0) is 6.42 Å². The van der Waals surface area contributed by atoms with Crippen LogP contribution in [0.15, 0.2) is 40.4 Å². The average Bonchev–Trinajstić information content (AvgIpc) is 3.35. The van der Waals surface area contributed by atoms with Crippen LogP contribution in [0.2, 0.25) is 5.02 Å². The number of nitrogens with zero attached hydrogens (tertiary/aromatic N) is 5. The normalized spacial score (nSPS) is 18.2. The van der Waals surface area contributed by atoms with Gasteiger partial charge in [0.25, 0.3) is 0 Å². The zero-order valence-electron chi connectivity index (χ0n) is 18.7. The smallest absolute Gasteiger partial charge is 0.325 e. The number of amidine groups is 1. The number of halogens is 1. The van der Waals surface area contributed by atoms with Gasteiger partial charge in [0.05, 0.1) is 11.6 Å². The number of rotatable bonds is 4. The van der Waals surface area contributed by atoms with Crippen LogP contribution < -0.4 is 15.0 Å². The Labute approximate surface area is 193 Å². The lowest BCUT2D eigenvalue weighted by Crippen LogP contribution is -2.44. The van der Waals surface area contributed by atoms with Crippen LogP contribution in [0, 0.1) is 0 Å². The van der Waals surface area contributed by atoms with Crippen molar-refractivity contribution in [3.05, 3.63) is 51.6 Å². The maximum absolute atomic E-state index is 6.68. The second-order valence-electron chi connectivity index (χ2n) is 8.72. The molecular weight excluding hydrogens is 424 g/mol. The average molecular weight is 451 g/mol. The van der Waals surface area contributed by atoms with E-state index >= 15 is 0 Å². The number of allylic oxidation sites excluding steroid dienone is 1. The van der Waals surface area contributed by atoms with Crippen LogP contribution in [0.4, 0.5) is 11.6 Å². The van der Waals surface area contributed by atoms with Crippen molar-refractivity contribution in [1.29, 1.82) is 0 Å². The van der Waals surface area contributed by atoms with Crippen molar-refractivity contribution in [2.24, 2.45) is 4.99 Å². The fraction of sp³-hybridized carbons (Fsp3) is 0.375. The molecule has 0 atom stereocenters. The Balaban J connectivity index is 1.46. The molecule has 0 spiro atoms. The third-order valence-corrected chi connectivity index (χ3v) is 6.34. The molecule has 32 heavy (non-hydrogen) atoms. The predicted molar refractivity (Wildman–Crippen MR) is 130 cm³/mol. The highest BCUT2D eigenvalue weighted by atomic mass is 35.5. The van der Waals surface area contributed by atoms with Gasteiger partial charge in [-0.1, -0.05) is 29.3 Å². The van der Waals surface area contributed by atoms with Gasteiger partial charge in [-0.25, -0.2) is 0 Å². The van der Waals surface area contributed by atoms with Gasteiger partial charge in [-0.15, -0.1) is 0 Å². The Hall–Kier alpha value is -2.90. The Morgan fingerprint density at radius 1 is 1.03 bits per heavy atom. The molecule has 1 fully saturated rings. The summed E-state index contributed by atoms with van der Waals surface area (Å²) in [6, 6.07) is 6.19. The van der Waals surface area contributed by atoms with Gasteiger partial charge in [0.1, 0.15) is 23.2 Å². The summed E-state index contributed by atoms with van der Waals surface area (Å²) in [5.41, 5.74) is 4.75. The van der Waals surface area contributed by atoms with E-state index in [9.17, 15) is 0 Å². The number of likely N-dealkylation sites (N-methyl/N-ethyl adjacent to an activating group) is 1. The molecule has 1 aliphatic carbocycles. The van der Waals surface area contributed by atoms with E-state index in [2.05, 4.69) is 58.1 Å². The lowest BCUT2D eigenvalue weighted by atomic mass is 10.1. The molecule has 0 unspecified atom stereocenters. The minimum atomic E-state index is 0.267. The summed E-state index contributed by atoms with van der Waals surface area (Å²) in [6.45, 7) is 8.65. The van der Waals surface area contributed by atoms with Crippen molar-refractivity contribution in [1.82, 2.24) is 14.9 Å². The first-order chi connectivity index (χ1) is 15.4. The van der Waals surface area contributed by atoms with Crippen LogP contribution >= 0.6 is 11.6 Å². The van der Waals surface area contributed by atoms with E-state index in [1.807, 2.05) is 18.2 Å². The maximum Gasteiger partial charge on any atom is 0.325 e. The standard InChI is InChI=1S/C24H27ClN6O/c1-15-10-17-4-5-19(23(25)18(17)11-15)32-24-28-21(27-20-12-16(2)14-26-20)13-22(29-24)31-8-6-30(3)7-9-31/h4-5,11-13H,6-10,14H2,1-3H3,(H,26,27,28,29). The molecule has 1 N–H and O–H groups in total. The molecule has 0 bridgehead atoms. The van der Waals surface area contributed by atoms with E-state index in [0.717, 1.165) is 49.8 Å². The molecule has 3 heterocycles. The molecule has 7 nitrogen and oxygen atoms in total. The van der Waals surface area contributed by atoms with E-state index in [4.69, 9.17) is 21.3 Å². The number of piperazine rings is 1. The molecule has 0 amide bonds. The van der Waals surface area contributed by atoms with Crippen LogP contribution in [0.3, 0.4) is 0 Å². The third-order valence-electron chi connectivity index (χ3n) is 5.95. The van der Waals surface area contributed by atoms with Gasteiger partial charge in [0.2, 0.25) is 0 Å². The van der Waals surface area contributed by atoms with E-state index in [-0.39, 0.29) is 6.01 Å². The Morgan fingerprint density at radius 3 is 2.59 bits per heavy atom. The lowest BCUT2D eigenvalue weighted by Gasteiger charge is -2.33. The minimum Gasteiger partial charge on any atom is -0.423 e. The highest BCUT2D eigenvalue weighted by Crippen LogP contribution is 2.38. The quantitative estimate of drug-likeness (QED) is 0.744. The molecule has 2 aromatic rings. The molecule has 1 saturated heterocycles. The molecule has 1 aromatic heterocycles. The van der Waals surface area contributed by atoms with Crippen molar-refractivity contribution in [3.63, 3.8) is 0 Å². The van der Waals surface area contributed by atoms with Gasteiger partial charge in [-0.05, 0) is 50.6 Å². The fourth-order valence-electron chi connectivity index (χ4n) is 4.16. The number of hydrogen-bond acceptors (Lipinski definition) is 7. The van der Waals surface area contributed by atoms with Gasteiger partial charge < -0.3 is 19.9 Å². The number of nitrogens with one attached hydrogen (secondary N) is 1. The van der Waals surface area contributed by atoms with E-state index < -0.39 is 0 Å². The van der Waals surface area contributed by atoms with Crippen molar-refractivity contribution < 1.29 is 4.74 Å². The molecular formula is C24H27ClN6O. The van der Waals surface area contributed by atoms with Crippen molar-refractivity contribution in [2.75, 3.05) is 50.0 Å². The summed E-state index contributed by atoms with van der Waals surface area (Å²) < 4.78 is 6.13. The van der Waals surface area contributed by atoms with Gasteiger partial charge in [0.15, 0.2) is 0 Å². The predicted octanol–water partition coefficient (Wildman–Crippen LogP) is 4.40. The van der Waals surface area contributed by atoms with Gasteiger partial charge in [-0.3, -0.25) is 4.99 Å². The number of benzene rings is 1. The fourth-order valence-corrected chi connectivity index (χ4v) is 4.44. The first-order valence-corrected chi connectivity index (χ1v) is 11.3. The van der Waals surface area contributed by atoms with Gasteiger partial charge in [0, 0.05) is 37.8 Å². The van der Waals surface area contributed by atoms with E-state index in [1.165, 1.54) is 16.7 Å². The maximum atomic E-state index is 6.68. The Kier molecular flexibility index (Phi) is 5.61. The van der Waals surface area contributed by atoms with Crippen molar-refractivity contribution in [2.45, 2.75) is 20.3 Å². The summed E-state index contributed by atoms with van der Waals surface area (Å²) in [5.74, 6) is 2.85. The molecule has 2 aliphatic heterocycles. The van der Waals surface area contributed by atoms with Gasteiger partial charge in [-0.2, -0.15) is 9.97 Å². The van der Waals surface area contributed by atoms with Crippen LogP contribution in [0.25, 0.3) is 6.08 Å². The largest absolute Gasteiger partial charge is 0.423 e. The van der Waals surface area contributed by atoms with Crippen molar-refractivity contribution >= 4 is 35.1 Å². The Bertz CT molecular complexity index is 1150. The minimum absolute atomic E-state index is 0.267. The number of ether oxygens (including phenoxy) is 1. The summed E-state index contributed by atoms with van der Waals surface area (Å²) >= 11 is 6.68. The zero-order chi connectivity index (χ0) is 22.2. The number of aromatic nitrogens is 2. The molecule has 3 aliphatic rings. The van der Waals surface area contributed by atoms with Crippen LogP contribution in [0.1, 0.15) is 25.0 Å². The third kappa shape index (κ3) is 4.36. The summed E-state index contributed by atoms with van der Waals surface area (Å²) in [6.07, 6.45) is 5.07. The molecule has 0 radical (unpaired) electrons. The molecule has 8 heteroatoms. The molecule has 166 valence electrons. The molecule has 1 aromatic carbocycles. The second kappa shape index (κ2) is 8.56. The van der Waals surface area contributed by atoms with Gasteiger partial charge >= 0.3 is 6.01 Å². The monoisotopic (exact) mass is 450 g/mol. The zero-order valence-corrected chi connectivity index (χ0v) is 19.4. The molecule has 5 rings (SSSR count). The van der Waals surface area contributed by atoms with Crippen LogP contribution in [0.5, 0.6) is 11.8 Å². The summed E-state index contributed by atoms with van der Waals surface area (Å²) in [7, 11) is 2.14. The number of fused-ring (bicyclic) bond motifs is 1. The summed E-state index contributed by atoms with van der Waals surface area (Å²) in [5, 5.41) is 3.91. The summed E-state index contributed by atoms with van der Waals surface area (Å²) in [4.78, 5) is 18.4. The highest BCUT2D eigenvalue weighted by Gasteiger charge is 2.21. The number of anilines is 2. The number of hydrogen-bond donors (Lipinski definition) is 1. The number of aliphatic imine (C=N–C) groups is 1.